The third-order valence-electron chi connectivity index (χ3n) is 20.8. The van der Waals surface area contributed by atoms with Crippen molar-refractivity contribution in [2.75, 3.05) is 26.3 Å². The SMILES string of the molecule is O=C(C[C@H](COCc1ccc2ccccc2c1)C(=O)N[C@H](CC1=CCc2ccccc21)c1ncc(-c2ccccc2)[nH]1)OCC1c2ccccc2-c2ccccc21.O=C(C[C@H](Cc1ccc2ccccc2c1)C(=O)N[C@H](CC1=CCc2ccccc21)c1ncc(-c2ccccc2)[nH]1)C1CCNCC1. The molecule has 5 N–H and O–H groups in total. The van der Waals surface area contributed by atoms with Crippen molar-refractivity contribution in [2.24, 2.45) is 17.8 Å². The first-order chi connectivity index (χ1) is 50.7. The van der Waals surface area contributed by atoms with Gasteiger partial charge >= 0.3 is 5.97 Å². The summed E-state index contributed by atoms with van der Waals surface area (Å²) in [6.07, 6.45) is 13.2. The maximum absolute atomic E-state index is 14.5. The lowest BCUT2D eigenvalue weighted by Crippen LogP contribution is -2.38. The molecular formula is C90H83N7O6. The molecule has 12 aromatic rings. The van der Waals surface area contributed by atoms with Crippen LogP contribution in [0.1, 0.15) is 113 Å². The zero-order chi connectivity index (χ0) is 69.9. The third kappa shape index (κ3) is 15.9. The molecule has 0 spiro atoms. The average Bonchev–Trinajstić information content (AvgIpc) is 1.62. The van der Waals surface area contributed by atoms with E-state index in [0.29, 0.717) is 37.5 Å². The lowest BCUT2D eigenvalue weighted by molar-refractivity contribution is -0.148. The fourth-order valence-corrected chi connectivity index (χ4v) is 15.3. The van der Waals surface area contributed by atoms with Crippen LogP contribution < -0.4 is 16.0 Å². The Morgan fingerprint density at radius 1 is 0.466 bits per heavy atom. The van der Waals surface area contributed by atoms with E-state index in [1.165, 1.54) is 27.8 Å². The number of hydrogen-bond acceptors (Lipinski definition) is 9. The maximum atomic E-state index is 14.5. The Morgan fingerprint density at radius 3 is 1.49 bits per heavy atom. The maximum Gasteiger partial charge on any atom is 0.306 e. The fraction of sp³-hybridized carbons (Fsp3) is 0.222. The minimum Gasteiger partial charge on any atom is -0.465 e. The van der Waals surface area contributed by atoms with Gasteiger partial charge in [0.1, 0.15) is 24.0 Å². The van der Waals surface area contributed by atoms with Crippen LogP contribution in [0.2, 0.25) is 0 Å². The van der Waals surface area contributed by atoms with Gasteiger partial charge in [0, 0.05) is 37.0 Å². The minimum absolute atomic E-state index is 0.00241. The van der Waals surface area contributed by atoms with Crippen LogP contribution in [-0.2, 0) is 54.5 Å². The van der Waals surface area contributed by atoms with Crippen LogP contribution in [0.4, 0.5) is 0 Å². The van der Waals surface area contributed by atoms with Gasteiger partial charge in [-0.1, -0.05) is 249 Å². The predicted molar refractivity (Wildman–Crippen MR) is 408 cm³/mol. The number of amides is 2. The van der Waals surface area contributed by atoms with Gasteiger partial charge in [-0.05, 0) is 151 Å². The zero-order valence-corrected chi connectivity index (χ0v) is 57.6. The average molecular weight is 1360 g/mol. The molecule has 13 heteroatoms. The molecule has 2 amide bonds. The first-order valence-electron chi connectivity index (χ1n) is 36.1. The summed E-state index contributed by atoms with van der Waals surface area (Å²) in [6.45, 7) is 2.21. The summed E-state index contributed by atoms with van der Waals surface area (Å²) in [5.74, 6) is -0.672. The highest BCUT2D eigenvalue weighted by atomic mass is 16.5. The topological polar surface area (TPSA) is 180 Å². The first kappa shape index (κ1) is 67.4. The molecule has 4 atom stereocenters. The number of esters is 1. The standard InChI is InChI=1S/C50H43N3O4.C40H40N4O2/c54-48(57-32-45-43-20-10-8-18-41(43)42-19-9-11-21-44(42)45)28-39(31-56-30-33-22-23-34-12-4-5-16-37(34)26-33)50(55)53-46(27-38-25-24-35-13-6-7-17-40(35)38)49-51-29-47(52-49)36-14-2-1-3-15-36;45-38(31-18-20-41-21-19-31)25-34(23-27-14-15-28-8-4-5-12-32(28)22-27)40(46)44-36(24-33-17-16-29-9-6-7-13-35(29)33)39-42-26-37(43-39)30-10-2-1-3-11-30/h1-23,25-26,29,39,45-46H,24,27-28,30-32H2,(H,51,52)(H,53,55);1-15,17,22,26,31,34,36,41H,16,18-21,23-25H2,(H,42,43)(H,44,46)/t39-,46-;34-,36+/m10/s1. The molecule has 13 nitrogen and oxygen atoms in total. The van der Waals surface area contributed by atoms with Gasteiger partial charge in [-0.25, -0.2) is 9.97 Å². The molecule has 3 heterocycles. The fourth-order valence-electron chi connectivity index (χ4n) is 15.3. The van der Waals surface area contributed by atoms with Crippen LogP contribution in [0.3, 0.4) is 0 Å². The van der Waals surface area contributed by atoms with E-state index < -0.39 is 23.8 Å². The van der Waals surface area contributed by atoms with Gasteiger partial charge in [0.15, 0.2) is 0 Å². The van der Waals surface area contributed by atoms with Gasteiger partial charge in [0.05, 0.1) is 61.4 Å². The zero-order valence-electron chi connectivity index (χ0n) is 57.6. The predicted octanol–water partition coefficient (Wildman–Crippen LogP) is 17.2. The van der Waals surface area contributed by atoms with Crippen molar-refractivity contribution in [2.45, 2.75) is 82.4 Å². The van der Waals surface area contributed by atoms with E-state index in [1.54, 1.807) is 0 Å². The van der Waals surface area contributed by atoms with Gasteiger partial charge in [0.2, 0.25) is 11.8 Å². The molecule has 1 fully saturated rings. The summed E-state index contributed by atoms with van der Waals surface area (Å²) in [4.78, 5) is 72.8. The number of carbonyl (C=O) groups is 4. The molecule has 514 valence electrons. The monoisotopic (exact) mass is 1360 g/mol. The smallest absolute Gasteiger partial charge is 0.306 e. The number of hydrogen-bond donors (Lipinski definition) is 5. The number of piperidine rings is 1. The third-order valence-corrected chi connectivity index (χ3v) is 20.8. The molecule has 3 aliphatic carbocycles. The van der Waals surface area contributed by atoms with Gasteiger partial charge in [-0.2, -0.15) is 0 Å². The van der Waals surface area contributed by atoms with Crippen molar-refractivity contribution in [1.82, 2.24) is 35.9 Å². The highest BCUT2D eigenvalue weighted by Crippen LogP contribution is 2.45. The van der Waals surface area contributed by atoms with Crippen molar-refractivity contribution in [3.63, 3.8) is 0 Å². The number of imidazole rings is 2. The number of ketones is 1. The van der Waals surface area contributed by atoms with Gasteiger partial charge < -0.3 is 35.4 Å². The summed E-state index contributed by atoms with van der Waals surface area (Å²) in [7, 11) is 0. The Kier molecular flexibility index (Phi) is 20.7. The lowest BCUT2D eigenvalue weighted by Gasteiger charge is -2.25. The number of nitrogens with zero attached hydrogens (tertiary/aromatic N) is 2. The Labute approximate surface area is 601 Å². The van der Waals surface area contributed by atoms with Crippen LogP contribution in [0, 0.1) is 17.8 Å². The number of aromatic amines is 2. The van der Waals surface area contributed by atoms with E-state index in [2.05, 4.69) is 159 Å². The number of allylic oxidation sites excluding steroid dienone is 2. The molecule has 4 aliphatic rings. The van der Waals surface area contributed by atoms with Gasteiger partial charge in [-0.3, -0.25) is 19.2 Å². The second kappa shape index (κ2) is 31.7. The van der Waals surface area contributed by atoms with E-state index in [1.807, 2.05) is 134 Å². The summed E-state index contributed by atoms with van der Waals surface area (Å²) in [6, 6.07) is 81.6. The number of H-pyrrole nitrogens is 2. The number of carbonyl (C=O) groups excluding carboxylic acids is 4. The number of Topliss-reactive ketones (excluding diaryl/α,β-unsaturated/α-hetero) is 1. The van der Waals surface area contributed by atoms with E-state index in [0.717, 1.165) is 122 Å². The summed E-state index contributed by atoms with van der Waals surface area (Å²) in [5.41, 5.74) is 17.8. The Morgan fingerprint density at radius 2 is 0.932 bits per heavy atom. The molecule has 103 heavy (non-hydrogen) atoms. The number of nitrogens with one attached hydrogen (secondary N) is 5. The normalized spacial score (nSPS) is 14.9. The van der Waals surface area contributed by atoms with Crippen molar-refractivity contribution in [1.29, 1.82) is 0 Å². The molecule has 0 unspecified atom stereocenters. The molecule has 0 saturated carbocycles. The van der Waals surface area contributed by atoms with Crippen molar-refractivity contribution < 1.29 is 28.7 Å². The second-order valence-corrected chi connectivity index (χ2v) is 27.6. The molecule has 0 radical (unpaired) electrons. The van der Waals surface area contributed by atoms with E-state index in [-0.39, 0.29) is 61.5 Å². The van der Waals surface area contributed by atoms with Crippen molar-refractivity contribution in [3.8, 4) is 33.6 Å². The molecule has 1 aliphatic heterocycles. The number of benzene rings is 10. The van der Waals surface area contributed by atoms with E-state index >= 15 is 0 Å². The minimum atomic E-state index is -0.808. The van der Waals surface area contributed by atoms with Crippen molar-refractivity contribution in [3.05, 3.63) is 323 Å². The van der Waals surface area contributed by atoms with Crippen LogP contribution in [-0.4, -0.2) is 69.8 Å². The summed E-state index contributed by atoms with van der Waals surface area (Å²) < 4.78 is 12.3. The summed E-state index contributed by atoms with van der Waals surface area (Å²) in [5, 5.41) is 14.6. The Hall–Kier alpha value is -11.4. The van der Waals surface area contributed by atoms with E-state index in [9.17, 15) is 19.2 Å². The Bertz CT molecular complexity index is 5040. The quantitative estimate of drug-likeness (QED) is 0.0348. The molecule has 0 bridgehead atoms. The van der Waals surface area contributed by atoms with Crippen LogP contribution in [0.25, 0.3) is 66.3 Å². The molecular weight excluding hydrogens is 1280 g/mol. The van der Waals surface area contributed by atoms with Crippen LogP contribution in [0.5, 0.6) is 0 Å². The highest BCUT2D eigenvalue weighted by Gasteiger charge is 2.34. The highest BCUT2D eigenvalue weighted by molar-refractivity contribution is 5.90. The van der Waals surface area contributed by atoms with Crippen LogP contribution >= 0.6 is 0 Å². The molecule has 16 rings (SSSR count). The number of rotatable bonds is 25. The van der Waals surface area contributed by atoms with Crippen LogP contribution in [0.15, 0.2) is 267 Å². The van der Waals surface area contributed by atoms with Crippen molar-refractivity contribution >= 4 is 56.3 Å². The summed E-state index contributed by atoms with van der Waals surface area (Å²) >= 11 is 0. The number of ether oxygens (including phenoxy) is 2. The Balaban J connectivity index is 0.000000170. The number of fused-ring (bicyclic) bond motifs is 7. The molecule has 2 aromatic heterocycles. The first-order valence-corrected chi connectivity index (χ1v) is 36.1. The van der Waals surface area contributed by atoms with E-state index in [4.69, 9.17) is 19.4 Å². The largest absolute Gasteiger partial charge is 0.465 e. The second-order valence-electron chi connectivity index (χ2n) is 27.6. The number of aromatic nitrogens is 4. The lowest BCUT2D eigenvalue weighted by atomic mass is 9.85. The van der Waals surface area contributed by atoms with Gasteiger partial charge in [-0.15, -0.1) is 0 Å². The van der Waals surface area contributed by atoms with Gasteiger partial charge in [0.25, 0.3) is 0 Å². The molecule has 10 aromatic carbocycles. The molecule has 1 saturated heterocycles.